The highest BCUT2D eigenvalue weighted by atomic mass is 79.9. The molecule has 5 heteroatoms. The molecule has 0 radical (unpaired) electrons. The van der Waals surface area contributed by atoms with Gasteiger partial charge in [-0.3, -0.25) is 4.21 Å². The van der Waals surface area contributed by atoms with Crippen molar-refractivity contribution in [2.24, 2.45) is 0 Å². The summed E-state index contributed by atoms with van der Waals surface area (Å²) in [6, 6.07) is 5.21. The molecule has 1 aromatic rings. The van der Waals surface area contributed by atoms with Crippen molar-refractivity contribution in [3.05, 3.63) is 33.8 Å². The minimum absolute atomic E-state index is 0.178. The highest BCUT2D eigenvalue weighted by Crippen LogP contribution is 2.22. The van der Waals surface area contributed by atoms with Gasteiger partial charge in [-0.25, -0.2) is 4.79 Å². The Kier molecular flexibility index (Phi) is 6.02. The fraction of sp³-hybridized carbons (Fsp3) is 0.462. The van der Waals surface area contributed by atoms with E-state index in [1.54, 1.807) is 12.1 Å². The number of ether oxygens (including phenoxy) is 1. The van der Waals surface area contributed by atoms with Crippen LogP contribution in [0.5, 0.6) is 0 Å². The Morgan fingerprint density at radius 3 is 2.67 bits per heavy atom. The number of carbonyl (C=O) groups excluding carboxylic acids is 1. The van der Waals surface area contributed by atoms with Crippen LogP contribution in [0.1, 0.15) is 36.2 Å². The molecule has 0 aliphatic rings. The molecule has 1 rings (SSSR count). The molecule has 2 atom stereocenters. The van der Waals surface area contributed by atoms with E-state index in [4.69, 9.17) is 0 Å². The number of hydrogen-bond donors (Lipinski definition) is 0. The predicted molar refractivity (Wildman–Crippen MR) is 77.1 cm³/mol. The third-order valence-corrected chi connectivity index (χ3v) is 5.36. The maximum atomic E-state index is 12.0. The van der Waals surface area contributed by atoms with Gasteiger partial charge in [-0.1, -0.05) is 35.8 Å². The van der Waals surface area contributed by atoms with Crippen molar-refractivity contribution in [1.82, 2.24) is 0 Å². The molecule has 0 aliphatic carbocycles. The second kappa shape index (κ2) is 7.04. The zero-order valence-corrected chi connectivity index (χ0v) is 13.1. The Bertz CT molecular complexity index is 460. The van der Waals surface area contributed by atoms with Crippen molar-refractivity contribution < 1.29 is 13.7 Å². The molecular weight excluding hydrogens is 316 g/mol. The van der Waals surface area contributed by atoms with Crippen LogP contribution in [0.3, 0.4) is 0 Å². The van der Waals surface area contributed by atoms with Crippen molar-refractivity contribution in [3.63, 3.8) is 0 Å². The third-order valence-electron chi connectivity index (χ3n) is 2.80. The van der Waals surface area contributed by atoms with Gasteiger partial charge in [-0.15, -0.1) is 0 Å². The quantitative estimate of drug-likeness (QED) is 0.777. The number of hydrogen-bond acceptors (Lipinski definition) is 3. The van der Waals surface area contributed by atoms with E-state index in [2.05, 4.69) is 20.7 Å². The second-order valence-electron chi connectivity index (χ2n) is 4.04. The van der Waals surface area contributed by atoms with Crippen LogP contribution in [0.2, 0.25) is 0 Å². The Hall–Kier alpha value is -0.680. The largest absolute Gasteiger partial charge is 0.465 e. The van der Waals surface area contributed by atoms with Crippen molar-refractivity contribution >= 4 is 32.7 Å². The molecule has 0 amide bonds. The zero-order chi connectivity index (χ0) is 13.7. The summed E-state index contributed by atoms with van der Waals surface area (Å²) in [5.41, 5.74) is 1.43. The van der Waals surface area contributed by atoms with Gasteiger partial charge in [-0.2, -0.15) is 0 Å². The smallest absolute Gasteiger partial charge is 0.337 e. The minimum Gasteiger partial charge on any atom is -0.465 e. The molecule has 18 heavy (non-hydrogen) atoms. The number of rotatable bonds is 5. The van der Waals surface area contributed by atoms with Gasteiger partial charge in [0.25, 0.3) is 0 Å². The molecule has 0 aliphatic heterocycles. The van der Waals surface area contributed by atoms with Gasteiger partial charge in [0.15, 0.2) is 0 Å². The summed E-state index contributed by atoms with van der Waals surface area (Å²) >= 11 is 3.40. The van der Waals surface area contributed by atoms with Crippen molar-refractivity contribution in [2.45, 2.75) is 31.3 Å². The van der Waals surface area contributed by atoms with Gasteiger partial charge in [0.1, 0.15) is 0 Å². The van der Waals surface area contributed by atoms with E-state index in [9.17, 15) is 9.00 Å². The van der Waals surface area contributed by atoms with Crippen LogP contribution in [0.4, 0.5) is 0 Å². The standard InChI is InChI=1S/C13H17BrO3S/c1-4-9(2)18(16)8-11-6-5-10(7-12(11)14)13(15)17-3/h5-7,9H,4,8H2,1-3H3. The van der Waals surface area contributed by atoms with E-state index in [1.807, 2.05) is 19.9 Å². The second-order valence-corrected chi connectivity index (χ2v) is 6.75. The lowest BCUT2D eigenvalue weighted by molar-refractivity contribution is 0.0600. The summed E-state index contributed by atoms with van der Waals surface area (Å²) in [5, 5.41) is 0.178. The van der Waals surface area contributed by atoms with Crippen LogP contribution in [-0.2, 0) is 21.3 Å². The molecule has 2 unspecified atom stereocenters. The highest BCUT2D eigenvalue weighted by Gasteiger charge is 2.13. The molecule has 0 spiro atoms. The average molecular weight is 333 g/mol. The first-order valence-electron chi connectivity index (χ1n) is 5.73. The van der Waals surface area contributed by atoms with Crippen LogP contribution < -0.4 is 0 Å². The molecule has 0 bridgehead atoms. The first-order valence-corrected chi connectivity index (χ1v) is 7.91. The molecule has 0 saturated carbocycles. The molecule has 0 fully saturated rings. The van der Waals surface area contributed by atoms with Crippen molar-refractivity contribution in [2.75, 3.05) is 7.11 Å². The van der Waals surface area contributed by atoms with Crippen LogP contribution in [0, 0.1) is 0 Å². The lowest BCUT2D eigenvalue weighted by atomic mass is 10.1. The van der Waals surface area contributed by atoms with Gasteiger partial charge in [0.2, 0.25) is 0 Å². The average Bonchev–Trinajstić information content (AvgIpc) is 2.38. The molecule has 0 aromatic heterocycles. The van der Waals surface area contributed by atoms with Gasteiger partial charge >= 0.3 is 5.97 Å². The van der Waals surface area contributed by atoms with E-state index < -0.39 is 10.8 Å². The topological polar surface area (TPSA) is 43.4 Å². The summed E-state index contributed by atoms with van der Waals surface area (Å²) in [6.07, 6.45) is 0.893. The summed E-state index contributed by atoms with van der Waals surface area (Å²) in [5.74, 6) is 0.127. The first kappa shape index (κ1) is 15.4. The lowest BCUT2D eigenvalue weighted by Crippen LogP contribution is -2.11. The van der Waals surface area contributed by atoms with Crippen molar-refractivity contribution in [1.29, 1.82) is 0 Å². The zero-order valence-electron chi connectivity index (χ0n) is 10.7. The first-order chi connectivity index (χ1) is 8.49. The molecule has 100 valence electrons. The maximum absolute atomic E-state index is 12.0. The summed E-state index contributed by atoms with van der Waals surface area (Å²) in [4.78, 5) is 11.4. The van der Waals surface area contributed by atoms with E-state index in [0.717, 1.165) is 16.5 Å². The van der Waals surface area contributed by atoms with Gasteiger partial charge in [-0.05, 0) is 24.1 Å². The van der Waals surface area contributed by atoms with E-state index in [0.29, 0.717) is 11.3 Å². The molecule has 1 aromatic carbocycles. The molecular formula is C13H17BrO3S. The van der Waals surface area contributed by atoms with Crippen LogP contribution in [-0.4, -0.2) is 22.5 Å². The maximum Gasteiger partial charge on any atom is 0.337 e. The highest BCUT2D eigenvalue weighted by molar-refractivity contribution is 9.10. The molecule has 3 nitrogen and oxygen atoms in total. The summed E-state index contributed by atoms with van der Waals surface area (Å²) in [7, 11) is 0.458. The normalized spacial score (nSPS) is 14.0. The Balaban J connectivity index is 2.86. The van der Waals surface area contributed by atoms with E-state index in [1.165, 1.54) is 7.11 Å². The van der Waals surface area contributed by atoms with Gasteiger partial charge in [0.05, 0.1) is 12.7 Å². The van der Waals surface area contributed by atoms with Crippen LogP contribution in [0.15, 0.2) is 22.7 Å². The molecule has 0 N–H and O–H groups in total. The van der Waals surface area contributed by atoms with Crippen LogP contribution in [0.25, 0.3) is 0 Å². The monoisotopic (exact) mass is 332 g/mol. The molecule has 0 heterocycles. The minimum atomic E-state index is -0.891. The van der Waals surface area contributed by atoms with Crippen LogP contribution >= 0.6 is 15.9 Å². The number of methoxy groups -OCH3 is 1. The Labute approximate surface area is 119 Å². The summed E-state index contributed by atoms with van der Waals surface area (Å²) in [6.45, 7) is 4.00. The third kappa shape index (κ3) is 3.92. The number of benzene rings is 1. The van der Waals surface area contributed by atoms with E-state index in [-0.39, 0.29) is 11.2 Å². The van der Waals surface area contributed by atoms with Crippen molar-refractivity contribution in [3.8, 4) is 0 Å². The Morgan fingerprint density at radius 2 is 2.17 bits per heavy atom. The number of esters is 1. The SMILES string of the molecule is CCC(C)S(=O)Cc1ccc(C(=O)OC)cc1Br. The number of halogens is 1. The van der Waals surface area contributed by atoms with E-state index >= 15 is 0 Å². The Morgan fingerprint density at radius 1 is 1.50 bits per heavy atom. The lowest BCUT2D eigenvalue weighted by Gasteiger charge is -2.10. The fourth-order valence-electron chi connectivity index (χ4n) is 1.39. The molecule has 0 saturated heterocycles. The van der Waals surface area contributed by atoms with Gasteiger partial charge in [0, 0.05) is 26.3 Å². The summed E-state index contributed by atoms with van der Waals surface area (Å²) < 4.78 is 17.4. The predicted octanol–water partition coefficient (Wildman–Crippen LogP) is 3.28. The van der Waals surface area contributed by atoms with Gasteiger partial charge < -0.3 is 4.74 Å². The number of carbonyl (C=O) groups is 1. The fourth-order valence-corrected chi connectivity index (χ4v) is 3.31.